The van der Waals surface area contributed by atoms with E-state index in [2.05, 4.69) is 17.4 Å². The standard InChI is InChI=1S/C21H30N2O2/c22-20(24)17-11-6-12-18(14-17)21(25)23-19(13-15-7-4-5-8-15)16-9-2-1-3-10-16/h1-3,9-10,15,17-19H,4-8,11-14H2,(H2,22,24)(H,23,25). The Kier molecular flexibility index (Phi) is 6.11. The monoisotopic (exact) mass is 342 g/mol. The van der Waals surface area contributed by atoms with Crippen LogP contribution in [0.25, 0.3) is 0 Å². The van der Waals surface area contributed by atoms with E-state index in [1.54, 1.807) is 0 Å². The zero-order valence-corrected chi connectivity index (χ0v) is 15.0. The van der Waals surface area contributed by atoms with E-state index in [0.717, 1.165) is 25.7 Å². The first-order chi connectivity index (χ1) is 12.1. The van der Waals surface area contributed by atoms with Gasteiger partial charge in [0, 0.05) is 11.8 Å². The molecule has 1 aromatic carbocycles. The molecule has 4 heteroatoms. The number of hydrogen-bond donors (Lipinski definition) is 2. The lowest BCUT2D eigenvalue weighted by Crippen LogP contribution is -2.39. The Hall–Kier alpha value is -1.84. The number of hydrogen-bond acceptors (Lipinski definition) is 2. The Morgan fingerprint density at radius 1 is 1.00 bits per heavy atom. The average Bonchev–Trinajstić information content (AvgIpc) is 3.15. The summed E-state index contributed by atoms with van der Waals surface area (Å²) in [5, 5.41) is 3.30. The van der Waals surface area contributed by atoms with Crippen LogP contribution in [0.1, 0.15) is 69.4 Å². The van der Waals surface area contributed by atoms with Crippen LogP contribution in [0.15, 0.2) is 30.3 Å². The van der Waals surface area contributed by atoms with Crippen molar-refractivity contribution in [3.63, 3.8) is 0 Å². The van der Waals surface area contributed by atoms with Gasteiger partial charge in [-0.1, -0.05) is 62.4 Å². The lowest BCUT2D eigenvalue weighted by molar-refractivity contribution is -0.129. The van der Waals surface area contributed by atoms with Crippen molar-refractivity contribution < 1.29 is 9.59 Å². The average molecular weight is 342 g/mol. The Balaban J connectivity index is 1.66. The molecule has 0 radical (unpaired) electrons. The first-order valence-electron chi connectivity index (χ1n) is 9.78. The molecule has 4 nitrogen and oxygen atoms in total. The van der Waals surface area contributed by atoms with Crippen LogP contribution in [0.2, 0.25) is 0 Å². The zero-order chi connectivity index (χ0) is 17.6. The van der Waals surface area contributed by atoms with Crippen molar-refractivity contribution in [2.45, 2.75) is 63.8 Å². The van der Waals surface area contributed by atoms with Gasteiger partial charge in [0.05, 0.1) is 6.04 Å². The minimum atomic E-state index is -0.261. The molecule has 2 amide bonds. The number of rotatable bonds is 6. The van der Waals surface area contributed by atoms with Crippen LogP contribution in [-0.4, -0.2) is 11.8 Å². The minimum absolute atomic E-state index is 0.0748. The van der Waals surface area contributed by atoms with E-state index in [9.17, 15) is 9.59 Å². The summed E-state index contributed by atoms with van der Waals surface area (Å²) in [6.45, 7) is 0. The van der Waals surface area contributed by atoms with E-state index in [0.29, 0.717) is 12.3 Å². The summed E-state index contributed by atoms with van der Waals surface area (Å²) in [4.78, 5) is 24.3. The number of primary amides is 1. The molecule has 2 saturated carbocycles. The highest BCUT2D eigenvalue weighted by Crippen LogP contribution is 2.34. The smallest absolute Gasteiger partial charge is 0.223 e. The lowest BCUT2D eigenvalue weighted by atomic mass is 9.80. The summed E-state index contributed by atoms with van der Waals surface area (Å²) in [6, 6.07) is 10.4. The number of benzene rings is 1. The summed E-state index contributed by atoms with van der Waals surface area (Å²) >= 11 is 0. The molecule has 0 spiro atoms. The molecule has 0 heterocycles. The van der Waals surface area contributed by atoms with Crippen molar-refractivity contribution in [3.8, 4) is 0 Å². The molecule has 3 unspecified atom stereocenters. The second kappa shape index (κ2) is 8.50. The van der Waals surface area contributed by atoms with Crippen molar-refractivity contribution in [2.24, 2.45) is 23.5 Å². The van der Waals surface area contributed by atoms with E-state index in [1.165, 1.54) is 31.2 Å². The molecule has 1 aromatic rings. The molecule has 25 heavy (non-hydrogen) atoms. The van der Waals surface area contributed by atoms with E-state index < -0.39 is 0 Å². The van der Waals surface area contributed by atoms with Gasteiger partial charge in [-0.2, -0.15) is 0 Å². The van der Waals surface area contributed by atoms with E-state index in [4.69, 9.17) is 5.73 Å². The first kappa shape index (κ1) is 18.0. The summed E-state index contributed by atoms with van der Waals surface area (Å²) in [6.07, 6.45) is 9.37. The second-order valence-electron chi connectivity index (χ2n) is 7.82. The van der Waals surface area contributed by atoms with Gasteiger partial charge in [0.2, 0.25) is 11.8 Å². The van der Waals surface area contributed by atoms with E-state index in [-0.39, 0.29) is 29.7 Å². The second-order valence-corrected chi connectivity index (χ2v) is 7.82. The summed E-state index contributed by atoms with van der Waals surface area (Å²) in [5.74, 6) is 0.312. The van der Waals surface area contributed by atoms with Crippen molar-refractivity contribution in [3.05, 3.63) is 35.9 Å². The maximum atomic E-state index is 12.9. The summed E-state index contributed by atoms with van der Waals surface area (Å²) < 4.78 is 0. The molecule has 0 bridgehead atoms. The van der Waals surface area contributed by atoms with Crippen LogP contribution >= 0.6 is 0 Å². The molecule has 3 N–H and O–H groups in total. The Labute approximate surface area is 150 Å². The first-order valence-corrected chi connectivity index (χ1v) is 9.78. The number of nitrogens with two attached hydrogens (primary N) is 1. The number of carbonyl (C=O) groups excluding carboxylic acids is 2. The molecule has 2 aliphatic rings. The van der Waals surface area contributed by atoms with Gasteiger partial charge in [-0.25, -0.2) is 0 Å². The van der Waals surface area contributed by atoms with Crippen LogP contribution in [0.3, 0.4) is 0 Å². The number of nitrogens with one attached hydrogen (secondary N) is 1. The Morgan fingerprint density at radius 2 is 1.68 bits per heavy atom. The summed E-state index contributed by atoms with van der Waals surface area (Å²) in [5.41, 5.74) is 6.65. The highest BCUT2D eigenvalue weighted by atomic mass is 16.2. The highest BCUT2D eigenvalue weighted by molar-refractivity contribution is 5.82. The van der Waals surface area contributed by atoms with Gasteiger partial charge in [0.15, 0.2) is 0 Å². The maximum Gasteiger partial charge on any atom is 0.223 e. The van der Waals surface area contributed by atoms with Gasteiger partial charge in [0.1, 0.15) is 0 Å². The molecule has 0 aromatic heterocycles. The molecule has 0 saturated heterocycles. The van der Waals surface area contributed by atoms with Crippen molar-refractivity contribution in [1.82, 2.24) is 5.32 Å². The third kappa shape index (κ3) is 4.83. The van der Waals surface area contributed by atoms with Gasteiger partial charge >= 0.3 is 0 Å². The van der Waals surface area contributed by atoms with Gasteiger partial charge in [-0.3, -0.25) is 9.59 Å². The van der Waals surface area contributed by atoms with Gasteiger partial charge in [-0.05, 0) is 37.2 Å². The van der Waals surface area contributed by atoms with Crippen molar-refractivity contribution in [2.75, 3.05) is 0 Å². The summed E-state index contributed by atoms with van der Waals surface area (Å²) in [7, 11) is 0. The quantitative estimate of drug-likeness (QED) is 0.827. The fourth-order valence-electron chi connectivity index (χ4n) is 4.52. The largest absolute Gasteiger partial charge is 0.369 e. The molecular formula is C21H30N2O2. The molecule has 3 rings (SSSR count). The molecule has 136 valence electrons. The SMILES string of the molecule is NC(=O)C1CCCC(C(=O)NC(CC2CCCC2)c2ccccc2)C1. The van der Waals surface area contributed by atoms with E-state index >= 15 is 0 Å². The molecular weight excluding hydrogens is 312 g/mol. The fraction of sp³-hybridized carbons (Fsp3) is 0.619. The Bertz CT molecular complexity index is 581. The normalized spacial score (nSPS) is 25.4. The van der Waals surface area contributed by atoms with Gasteiger partial charge in [-0.15, -0.1) is 0 Å². The zero-order valence-electron chi connectivity index (χ0n) is 15.0. The minimum Gasteiger partial charge on any atom is -0.369 e. The van der Waals surface area contributed by atoms with Crippen LogP contribution in [0, 0.1) is 17.8 Å². The predicted molar refractivity (Wildman–Crippen MR) is 98.5 cm³/mol. The lowest BCUT2D eigenvalue weighted by Gasteiger charge is -2.29. The third-order valence-corrected chi connectivity index (χ3v) is 6.01. The number of amides is 2. The van der Waals surface area contributed by atoms with Gasteiger partial charge in [0.25, 0.3) is 0 Å². The molecule has 3 atom stereocenters. The van der Waals surface area contributed by atoms with E-state index in [1.807, 2.05) is 18.2 Å². The van der Waals surface area contributed by atoms with Gasteiger partial charge < -0.3 is 11.1 Å². The van der Waals surface area contributed by atoms with Crippen LogP contribution in [0.4, 0.5) is 0 Å². The van der Waals surface area contributed by atoms with Crippen LogP contribution in [0.5, 0.6) is 0 Å². The van der Waals surface area contributed by atoms with Crippen molar-refractivity contribution in [1.29, 1.82) is 0 Å². The molecule has 0 aliphatic heterocycles. The third-order valence-electron chi connectivity index (χ3n) is 6.01. The van der Waals surface area contributed by atoms with Crippen LogP contribution < -0.4 is 11.1 Å². The van der Waals surface area contributed by atoms with Crippen LogP contribution in [-0.2, 0) is 9.59 Å². The Morgan fingerprint density at radius 3 is 2.36 bits per heavy atom. The number of carbonyl (C=O) groups is 2. The molecule has 2 fully saturated rings. The highest BCUT2D eigenvalue weighted by Gasteiger charge is 2.31. The predicted octanol–water partition coefficient (Wildman–Crippen LogP) is 3.72. The topological polar surface area (TPSA) is 72.2 Å². The molecule has 2 aliphatic carbocycles. The fourth-order valence-corrected chi connectivity index (χ4v) is 4.52. The van der Waals surface area contributed by atoms with Crippen molar-refractivity contribution >= 4 is 11.8 Å². The maximum absolute atomic E-state index is 12.9.